The highest BCUT2D eigenvalue weighted by Gasteiger charge is 2.34. The lowest BCUT2D eigenvalue weighted by Crippen LogP contribution is -2.46. The molecule has 27 heavy (non-hydrogen) atoms. The molecule has 2 amide bonds. The number of piperidine rings is 1. The van der Waals surface area contributed by atoms with E-state index in [0.29, 0.717) is 31.5 Å². The van der Waals surface area contributed by atoms with Crippen molar-refractivity contribution in [2.75, 3.05) is 19.6 Å². The summed E-state index contributed by atoms with van der Waals surface area (Å²) in [5, 5.41) is 12.2. The van der Waals surface area contributed by atoms with Gasteiger partial charge in [-0.25, -0.2) is 0 Å². The van der Waals surface area contributed by atoms with Gasteiger partial charge in [-0.15, -0.1) is 0 Å². The third-order valence-electron chi connectivity index (χ3n) is 5.79. The van der Waals surface area contributed by atoms with E-state index >= 15 is 0 Å². The van der Waals surface area contributed by atoms with Gasteiger partial charge in [-0.3, -0.25) is 14.4 Å². The molecule has 1 aromatic carbocycles. The van der Waals surface area contributed by atoms with Crippen LogP contribution in [-0.2, 0) is 9.59 Å². The Hall–Kier alpha value is -2.37. The molecule has 1 saturated carbocycles. The number of hydrogen-bond acceptors (Lipinski definition) is 3. The van der Waals surface area contributed by atoms with Gasteiger partial charge in [0.15, 0.2) is 0 Å². The summed E-state index contributed by atoms with van der Waals surface area (Å²) < 4.78 is 0. The van der Waals surface area contributed by atoms with Gasteiger partial charge in [0, 0.05) is 31.1 Å². The number of amides is 2. The molecular weight excluding hydrogens is 344 g/mol. The molecule has 1 aliphatic heterocycles. The molecule has 0 radical (unpaired) electrons. The van der Waals surface area contributed by atoms with Crippen LogP contribution in [0.5, 0.6) is 0 Å². The van der Waals surface area contributed by atoms with Crippen LogP contribution >= 0.6 is 0 Å². The second kappa shape index (κ2) is 9.02. The molecule has 1 heterocycles. The van der Waals surface area contributed by atoms with Gasteiger partial charge in [0.05, 0.1) is 5.92 Å². The van der Waals surface area contributed by atoms with Crippen molar-refractivity contribution < 1.29 is 19.5 Å². The zero-order valence-electron chi connectivity index (χ0n) is 15.6. The Bertz CT molecular complexity index is 676. The Kier molecular flexibility index (Phi) is 6.48. The van der Waals surface area contributed by atoms with E-state index in [1.165, 1.54) is 0 Å². The van der Waals surface area contributed by atoms with E-state index < -0.39 is 11.9 Å². The number of hydrogen-bond donors (Lipinski definition) is 2. The molecule has 3 atom stereocenters. The first kappa shape index (κ1) is 19.4. The number of nitrogens with one attached hydrogen (secondary N) is 1. The first-order chi connectivity index (χ1) is 13.0. The van der Waals surface area contributed by atoms with Crippen LogP contribution in [0.25, 0.3) is 0 Å². The lowest BCUT2D eigenvalue weighted by Gasteiger charge is -2.36. The molecule has 1 aliphatic carbocycles. The predicted molar refractivity (Wildman–Crippen MR) is 101 cm³/mol. The highest BCUT2D eigenvalue weighted by Crippen LogP contribution is 2.31. The molecule has 146 valence electrons. The summed E-state index contributed by atoms with van der Waals surface area (Å²) in [6.07, 6.45) is 4.63. The van der Waals surface area contributed by atoms with Crippen LogP contribution in [0.3, 0.4) is 0 Å². The first-order valence-electron chi connectivity index (χ1n) is 9.89. The van der Waals surface area contributed by atoms with Crippen LogP contribution in [-0.4, -0.2) is 47.4 Å². The molecule has 2 N–H and O–H groups in total. The first-order valence-corrected chi connectivity index (χ1v) is 9.89. The van der Waals surface area contributed by atoms with Gasteiger partial charge in [-0.2, -0.15) is 0 Å². The minimum absolute atomic E-state index is 0.0874. The molecule has 1 saturated heterocycles. The van der Waals surface area contributed by atoms with Gasteiger partial charge in [0.2, 0.25) is 5.91 Å². The van der Waals surface area contributed by atoms with Crippen LogP contribution in [0, 0.1) is 17.8 Å². The fourth-order valence-electron chi connectivity index (χ4n) is 4.26. The van der Waals surface area contributed by atoms with E-state index in [2.05, 4.69) is 5.32 Å². The zero-order chi connectivity index (χ0) is 19.2. The fourth-order valence-corrected chi connectivity index (χ4v) is 4.26. The quantitative estimate of drug-likeness (QED) is 0.832. The van der Waals surface area contributed by atoms with Crippen LogP contribution < -0.4 is 5.32 Å². The van der Waals surface area contributed by atoms with E-state index in [0.717, 1.165) is 32.2 Å². The Morgan fingerprint density at radius 1 is 1.04 bits per heavy atom. The molecule has 2 fully saturated rings. The largest absolute Gasteiger partial charge is 0.481 e. The van der Waals surface area contributed by atoms with E-state index in [4.69, 9.17) is 0 Å². The number of likely N-dealkylation sites (tertiary alicyclic amines) is 1. The zero-order valence-corrected chi connectivity index (χ0v) is 15.6. The Morgan fingerprint density at radius 2 is 1.78 bits per heavy atom. The molecule has 6 nitrogen and oxygen atoms in total. The number of aliphatic carboxylic acids is 1. The van der Waals surface area contributed by atoms with Gasteiger partial charge in [-0.1, -0.05) is 24.6 Å². The van der Waals surface area contributed by atoms with Crippen molar-refractivity contribution in [3.05, 3.63) is 35.9 Å². The van der Waals surface area contributed by atoms with Crippen molar-refractivity contribution in [2.45, 2.75) is 38.5 Å². The van der Waals surface area contributed by atoms with Crippen LogP contribution in [0.15, 0.2) is 30.3 Å². The molecular formula is C21H28N2O4. The maximum absolute atomic E-state index is 12.9. The Labute approximate surface area is 159 Å². The van der Waals surface area contributed by atoms with Crippen molar-refractivity contribution in [1.82, 2.24) is 10.2 Å². The van der Waals surface area contributed by atoms with Crippen molar-refractivity contribution in [2.24, 2.45) is 17.8 Å². The smallest absolute Gasteiger partial charge is 0.306 e. The number of nitrogens with zero attached hydrogens (tertiary/aromatic N) is 1. The number of carboxylic acids is 1. The minimum atomic E-state index is -0.785. The monoisotopic (exact) mass is 372 g/mol. The number of carbonyl (C=O) groups is 3. The number of rotatable bonds is 5. The number of benzene rings is 1. The predicted octanol–water partition coefficient (Wildman–Crippen LogP) is 2.55. The van der Waals surface area contributed by atoms with Gasteiger partial charge >= 0.3 is 5.97 Å². The van der Waals surface area contributed by atoms with Crippen molar-refractivity contribution in [1.29, 1.82) is 0 Å². The Morgan fingerprint density at radius 3 is 2.52 bits per heavy atom. The lowest BCUT2D eigenvalue weighted by atomic mass is 9.80. The van der Waals surface area contributed by atoms with Crippen LogP contribution in [0.1, 0.15) is 48.9 Å². The van der Waals surface area contributed by atoms with Gasteiger partial charge in [0.25, 0.3) is 5.91 Å². The third-order valence-corrected chi connectivity index (χ3v) is 5.79. The molecule has 2 aliphatic rings. The molecule has 6 heteroatoms. The van der Waals surface area contributed by atoms with E-state index in [1.807, 2.05) is 23.1 Å². The second-order valence-electron chi connectivity index (χ2n) is 7.77. The van der Waals surface area contributed by atoms with Crippen molar-refractivity contribution in [3.8, 4) is 0 Å². The molecule has 0 spiro atoms. The maximum Gasteiger partial charge on any atom is 0.306 e. The van der Waals surface area contributed by atoms with E-state index in [1.54, 1.807) is 12.1 Å². The third kappa shape index (κ3) is 5.08. The highest BCUT2D eigenvalue weighted by molar-refractivity contribution is 5.94. The summed E-state index contributed by atoms with van der Waals surface area (Å²) >= 11 is 0. The summed E-state index contributed by atoms with van der Waals surface area (Å²) in [6.45, 7) is 1.93. The summed E-state index contributed by atoms with van der Waals surface area (Å²) in [5.74, 6) is -1.09. The molecule has 3 rings (SSSR count). The van der Waals surface area contributed by atoms with Crippen LogP contribution in [0.2, 0.25) is 0 Å². The summed E-state index contributed by atoms with van der Waals surface area (Å²) in [5.41, 5.74) is 0.642. The average Bonchev–Trinajstić information content (AvgIpc) is 2.72. The normalized spacial score (nSPS) is 25.6. The summed E-state index contributed by atoms with van der Waals surface area (Å²) in [7, 11) is 0. The lowest BCUT2D eigenvalue weighted by molar-refractivity contribution is -0.146. The number of carbonyl (C=O) groups excluding carboxylic acids is 2. The molecule has 0 bridgehead atoms. The highest BCUT2D eigenvalue weighted by atomic mass is 16.4. The van der Waals surface area contributed by atoms with Gasteiger partial charge in [-0.05, 0) is 50.2 Å². The molecule has 1 aromatic rings. The van der Waals surface area contributed by atoms with E-state index in [-0.39, 0.29) is 23.7 Å². The minimum Gasteiger partial charge on any atom is -0.481 e. The fraction of sp³-hybridized carbons (Fsp3) is 0.571. The summed E-state index contributed by atoms with van der Waals surface area (Å²) in [6, 6.07) is 9.12. The maximum atomic E-state index is 12.9. The van der Waals surface area contributed by atoms with Crippen molar-refractivity contribution in [3.63, 3.8) is 0 Å². The standard InChI is InChI=1S/C21H28N2O4/c24-19(16-7-2-1-3-8-16)22-13-15-6-5-11-23(14-15)20(25)17-9-4-10-18(12-17)21(26)27/h1-3,7-8,15,17-18H,4-6,9-14H2,(H,22,24)(H,26,27). The average molecular weight is 372 g/mol. The van der Waals surface area contributed by atoms with Crippen LogP contribution in [0.4, 0.5) is 0 Å². The van der Waals surface area contributed by atoms with Crippen molar-refractivity contribution >= 4 is 17.8 Å². The van der Waals surface area contributed by atoms with E-state index in [9.17, 15) is 19.5 Å². The summed E-state index contributed by atoms with van der Waals surface area (Å²) in [4.78, 5) is 38.2. The molecule has 3 unspecified atom stereocenters. The second-order valence-corrected chi connectivity index (χ2v) is 7.77. The topological polar surface area (TPSA) is 86.7 Å². The molecule has 0 aromatic heterocycles. The Balaban J connectivity index is 1.50. The van der Waals surface area contributed by atoms with Gasteiger partial charge in [0.1, 0.15) is 0 Å². The van der Waals surface area contributed by atoms with Gasteiger partial charge < -0.3 is 15.3 Å². The SMILES string of the molecule is O=C(NCC1CCCN(C(=O)C2CCCC(C(=O)O)C2)C1)c1ccccc1. The number of carboxylic acid groups (broad SMARTS) is 1.